The molecule has 1 atom stereocenters. The Kier molecular flexibility index (Phi) is 9.75. The predicted octanol–water partition coefficient (Wildman–Crippen LogP) is 1.76. The van der Waals surface area contributed by atoms with E-state index in [0.29, 0.717) is 0 Å². The van der Waals surface area contributed by atoms with Crippen molar-refractivity contribution in [3.63, 3.8) is 0 Å². The van der Waals surface area contributed by atoms with Gasteiger partial charge in [0.15, 0.2) is 0 Å². The Morgan fingerprint density at radius 1 is 1.24 bits per heavy atom. The Morgan fingerprint density at radius 2 is 2.00 bits per heavy atom. The largest absolute Gasteiger partial charge is 0.348 e. The van der Waals surface area contributed by atoms with E-state index in [4.69, 9.17) is 0 Å². The first-order valence-electron chi connectivity index (χ1n) is 8.72. The second-order valence-corrected chi connectivity index (χ2v) is 6.80. The molecule has 0 aliphatic carbocycles. The van der Waals surface area contributed by atoms with Gasteiger partial charge in [-0.1, -0.05) is 12.1 Å². The maximum atomic E-state index is 12.4. The molecular formula is C18H30Cl2N4O. The lowest BCUT2D eigenvalue weighted by Gasteiger charge is -2.32. The monoisotopic (exact) mass is 388 g/mol. The summed E-state index contributed by atoms with van der Waals surface area (Å²) in [6.45, 7) is 7.31. The van der Waals surface area contributed by atoms with Crippen LogP contribution in [-0.4, -0.2) is 68.1 Å². The predicted molar refractivity (Wildman–Crippen MR) is 107 cm³/mol. The lowest BCUT2D eigenvalue weighted by molar-refractivity contribution is 0.0930. The van der Waals surface area contributed by atoms with Gasteiger partial charge in [-0.05, 0) is 44.1 Å². The fourth-order valence-electron chi connectivity index (χ4n) is 3.32. The summed E-state index contributed by atoms with van der Waals surface area (Å²) in [5.41, 5.74) is 2.01. The summed E-state index contributed by atoms with van der Waals surface area (Å²) in [6, 6.07) is 8.34. The summed E-state index contributed by atoms with van der Waals surface area (Å²) in [5, 5.41) is 6.49. The van der Waals surface area contributed by atoms with Gasteiger partial charge in [-0.15, -0.1) is 24.8 Å². The quantitative estimate of drug-likeness (QED) is 0.824. The third-order valence-electron chi connectivity index (χ3n) is 4.82. The van der Waals surface area contributed by atoms with E-state index in [2.05, 4.69) is 33.5 Å². The Hall–Kier alpha value is -0.850. The van der Waals surface area contributed by atoms with Crippen LogP contribution in [0, 0.1) is 0 Å². The first-order chi connectivity index (χ1) is 11.2. The number of benzene rings is 1. The van der Waals surface area contributed by atoms with Crippen molar-refractivity contribution in [2.75, 3.05) is 46.3 Å². The molecule has 2 N–H and O–H groups in total. The molecule has 7 heteroatoms. The maximum Gasteiger partial charge on any atom is 0.251 e. The third-order valence-corrected chi connectivity index (χ3v) is 4.82. The van der Waals surface area contributed by atoms with Crippen LogP contribution in [0.4, 0.5) is 0 Å². The SMILES string of the molecule is CN1CCN(Cc2cccc(C(=O)NC3CCCNC3)c2)CC1.Cl.Cl. The lowest BCUT2D eigenvalue weighted by Crippen LogP contribution is -2.45. The average Bonchev–Trinajstić information content (AvgIpc) is 2.58. The fraction of sp³-hybridized carbons (Fsp3) is 0.611. The number of halogens is 2. The summed E-state index contributed by atoms with van der Waals surface area (Å²) in [4.78, 5) is 17.3. The standard InChI is InChI=1S/C18H28N4O.2ClH/c1-21-8-10-22(11-9-21)14-15-4-2-5-16(12-15)18(23)20-17-6-3-7-19-13-17;;/h2,4-5,12,17,19H,3,6-11,13-14H2,1H3,(H,20,23);2*1H. The molecule has 1 aromatic rings. The molecule has 5 nitrogen and oxygen atoms in total. The van der Waals surface area contributed by atoms with Gasteiger partial charge in [0.25, 0.3) is 5.91 Å². The number of rotatable bonds is 4. The van der Waals surface area contributed by atoms with E-state index in [1.54, 1.807) is 0 Å². The van der Waals surface area contributed by atoms with Gasteiger partial charge in [-0.2, -0.15) is 0 Å². The first kappa shape index (κ1) is 22.2. The van der Waals surface area contributed by atoms with Crippen LogP contribution in [0.2, 0.25) is 0 Å². The van der Waals surface area contributed by atoms with E-state index >= 15 is 0 Å². The Bertz CT molecular complexity index is 530. The molecule has 0 saturated carbocycles. The summed E-state index contributed by atoms with van der Waals surface area (Å²) in [7, 11) is 2.17. The number of hydrogen-bond donors (Lipinski definition) is 2. The second kappa shape index (κ2) is 11.0. The van der Waals surface area contributed by atoms with Gasteiger partial charge in [-0.3, -0.25) is 9.69 Å². The zero-order valence-electron chi connectivity index (χ0n) is 14.9. The van der Waals surface area contributed by atoms with Gasteiger partial charge in [0.05, 0.1) is 0 Å². The molecule has 0 radical (unpaired) electrons. The van der Waals surface area contributed by atoms with Crippen LogP contribution in [0.25, 0.3) is 0 Å². The minimum atomic E-state index is 0. The molecule has 0 spiro atoms. The highest BCUT2D eigenvalue weighted by Gasteiger charge is 2.17. The highest BCUT2D eigenvalue weighted by atomic mass is 35.5. The van der Waals surface area contributed by atoms with Gasteiger partial charge < -0.3 is 15.5 Å². The fourth-order valence-corrected chi connectivity index (χ4v) is 3.32. The van der Waals surface area contributed by atoms with E-state index in [-0.39, 0.29) is 36.8 Å². The van der Waals surface area contributed by atoms with Crippen LogP contribution in [0.3, 0.4) is 0 Å². The number of nitrogens with zero attached hydrogens (tertiary/aromatic N) is 2. The number of carbonyl (C=O) groups is 1. The number of nitrogens with one attached hydrogen (secondary N) is 2. The number of piperidine rings is 1. The molecule has 2 aliphatic heterocycles. The second-order valence-electron chi connectivity index (χ2n) is 6.80. The molecule has 1 amide bonds. The topological polar surface area (TPSA) is 47.6 Å². The third kappa shape index (κ3) is 6.76. The molecule has 3 rings (SSSR count). The normalized spacial score (nSPS) is 21.7. The molecule has 1 unspecified atom stereocenters. The first-order valence-corrected chi connectivity index (χ1v) is 8.72. The molecule has 0 bridgehead atoms. The van der Waals surface area contributed by atoms with Gasteiger partial charge in [0, 0.05) is 50.9 Å². The van der Waals surface area contributed by atoms with Crippen molar-refractivity contribution in [2.24, 2.45) is 0 Å². The van der Waals surface area contributed by atoms with E-state index in [1.807, 2.05) is 18.2 Å². The number of amides is 1. The summed E-state index contributed by atoms with van der Waals surface area (Å²) in [5.74, 6) is 0.0546. The molecule has 25 heavy (non-hydrogen) atoms. The molecular weight excluding hydrogens is 359 g/mol. The molecule has 2 fully saturated rings. The van der Waals surface area contributed by atoms with Gasteiger partial charge in [0.1, 0.15) is 0 Å². The average molecular weight is 389 g/mol. The zero-order valence-corrected chi connectivity index (χ0v) is 16.5. The van der Waals surface area contributed by atoms with Crippen molar-refractivity contribution < 1.29 is 4.79 Å². The molecule has 142 valence electrons. The molecule has 2 aliphatic rings. The van der Waals surface area contributed by atoms with Crippen LogP contribution >= 0.6 is 24.8 Å². The number of hydrogen-bond acceptors (Lipinski definition) is 4. The highest BCUT2D eigenvalue weighted by Crippen LogP contribution is 2.11. The van der Waals surface area contributed by atoms with Crippen molar-refractivity contribution in [3.05, 3.63) is 35.4 Å². The van der Waals surface area contributed by atoms with Crippen molar-refractivity contribution >= 4 is 30.7 Å². The molecule has 2 saturated heterocycles. The van der Waals surface area contributed by atoms with Crippen molar-refractivity contribution in [2.45, 2.75) is 25.4 Å². The van der Waals surface area contributed by atoms with Gasteiger partial charge in [0.2, 0.25) is 0 Å². The Balaban J connectivity index is 0.00000156. The molecule has 2 heterocycles. The smallest absolute Gasteiger partial charge is 0.251 e. The summed E-state index contributed by atoms with van der Waals surface area (Å²) < 4.78 is 0. The number of likely N-dealkylation sites (N-methyl/N-ethyl adjacent to an activating group) is 1. The minimum Gasteiger partial charge on any atom is -0.348 e. The minimum absolute atomic E-state index is 0. The molecule has 0 aromatic heterocycles. The maximum absolute atomic E-state index is 12.4. The van der Waals surface area contributed by atoms with Crippen molar-refractivity contribution in [3.8, 4) is 0 Å². The van der Waals surface area contributed by atoms with Gasteiger partial charge in [-0.25, -0.2) is 0 Å². The number of piperazine rings is 1. The Labute approximate surface area is 163 Å². The van der Waals surface area contributed by atoms with Crippen LogP contribution in [-0.2, 0) is 6.54 Å². The van der Waals surface area contributed by atoms with Crippen molar-refractivity contribution in [1.29, 1.82) is 0 Å². The summed E-state index contributed by atoms with van der Waals surface area (Å²) >= 11 is 0. The highest BCUT2D eigenvalue weighted by molar-refractivity contribution is 5.94. The van der Waals surface area contributed by atoms with Crippen LogP contribution in [0.1, 0.15) is 28.8 Å². The Morgan fingerprint density at radius 3 is 2.68 bits per heavy atom. The van der Waals surface area contributed by atoms with Crippen LogP contribution in [0.5, 0.6) is 0 Å². The van der Waals surface area contributed by atoms with E-state index < -0.39 is 0 Å². The van der Waals surface area contributed by atoms with Crippen LogP contribution < -0.4 is 10.6 Å². The summed E-state index contributed by atoms with van der Waals surface area (Å²) in [6.07, 6.45) is 2.20. The van der Waals surface area contributed by atoms with Gasteiger partial charge >= 0.3 is 0 Å². The zero-order chi connectivity index (χ0) is 16.1. The number of carbonyl (C=O) groups excluding carboxylic acids is 1. The van der Waals surface area contributed by atoms with Crippen molar-refractivity contribution in [1.82, 2.24) is 20.4 Å². The van der Waals surface area contributed by atoms with E-state index in [9.17, 15) is 4.79 Å². The van der Waals surface area contributed by atoms with Crippen LogP contribution in [0.15, 0.2) is 24.3 Å². The van der Waals surface area contributed by atoms with E-state index in [1.165, 1.54) is 5.56 Å². The van der Waals surface area contributed by atoms with E-state index in [0.717, 1.165) is 64.2 Å². The lowest BCUT2D eigenvalue weighted by atomic mass is 10.1. The molecule has 1 aromatic carbocycles.